The van der Waals surface area contributed by atoms with Crippen molar-refractivity contribution in [1.82, 2.24) is 20.2 Å². The first-order valence-electron chi connectivity index (χ1n) is 7.12. The highest BCUT2D eigenvalue weighted by atomic mass is 16.3. The van der Waals surface area contributed by atoms with Gasteiger partial charge in [0.25, 0.3) is 0 Å². The van der Waals surface area contributed by atoms with E-state index in [1.54, 1.807) is 4.68 Å². The highest BCUT2D eigenvalue weighted by molar-refractivity contribution is 5.38. The van der Waals surface area contributed by atoms with E-state index in [0.29, 0.717) is 18.9 Å². The van der Waals surface area contributed by atoms with E-state index in [-0.39, 0.29) is 0 Å². The van der Waals surface area contributed by atoms with Crippen LogP contribution in [0.2, 0.25) is 0 Å². The van der Waals surface area contributed by atoms with Gasteiger partial charge in [0.15, 0.2) is 0 Å². The van der Waals surface area contributed by atoms with Crippen molar-refractivity contribution in [2.24, 2.45) is 0 Å². The number of rotatable bonds is 6. The van der Waals surface area contributed by atoms with Gasteiger partial charge in [-0.1, -0.05) is 53.6 Å². The van der Waals surface area contributed by atoms with Gasteiger partial charge in [-0.15, -0.1) is 0 Å². The molecule has 0 amide bonds. The van der Waals surface area contributed by atoms with Gasteiger partial charge in [-0.3, -0.25) is 0 Å². The normalized spacial score (nSPS) is 12.0. The Hall–Kier alpha value is -2.73. The van der Waals surface area contributed by atoms with Crippen LogP contribution in [0.1, 0.15) is 5.56 Å². The second-order valence-corrected chi connectivity index (χ2v) is 4.97. The maximum atomic E-state index is 10.1. The molecule has 6 heteroatoms. The van der Waals surface area contributed by atoms with E-state index >= 15 is 0 Å². The fourth-order valence-electron chi connectivity index (χ4n) is 2.21. The van der Waals surface area contributed by atoms with Crippen LogP contribution in [0.15, 0.2) is 60.7 Å². The molecule has 0 fully saturated rings. The Morgan fingerprint density at radius 2 is 1.68 bits per heavy atom. The lowest BCUT2D eigenvalue weighted by molar-refractivity contribution is 0.188. The molecule has 112 valence electrons. The molecule has 3 aromatic rings. The van der Waals surface area contributed by atoms with Gasteiger partial charge >= 0.3 is 0 Å². The molecule has 1 atom stereocenters. The second kappa shape index (κ2) is 6.82. The van der Waals surface area contributed by atoms with Gasteiger partial charge in [0.05, 0.1) is 11.8 Å². The number of aliphatic hydroxyl groups excluding tert-OH is 1. The molecule has 0 spiro atoms. The highest BCUT2D eigenvalue weighted by Crippen LogP contribution is 2.11. The summed E-state index contributed by atoms with van der Waals surface area (Å²) in [6.07, 6.45) is 0.0733. The molecule has 0 aliphatic carbocycles. The molecule has 0 radical (unpaired) electrons. The monoisotopic (exact) mass is 295 g/mol. The number of tetrazole rings is 1. The van der Waals surface area contributed by atoms with Gasteiger partial charge in [0.2, 0.25) is 5.95 Å². The molecular weight excluding hydrogens is 278 g/mol. The van der Waals surface area contributed by atoms with E-state index in [9.17, 15) is 5.11 Å². The van der Waals surface area contributed by atoms with Crippen molar-refractivity contribution in [2.45, 2.75) is 12.5 Å². The number of hydrogen-bond donors (Lipinski definition) is 2. The van der Waals surface area contributed by atoms with E-state index in [1.165, 1.54) is 0 Å². The average Bonchev–Trinajstić information content (AvgIpc) is 3.03. The molecule has 2 N–H and O–H groups in total. The number of para-hydroxylation sites is 1. The molecule has 0 bridgehead atoms. The number of nitrogens with zero attached hydrogens (tertiary/aromatic N) is 4. The molecule has 22 heavy (non-hydrogen) atoms. The van der Waals surface area contributed by atoms with E-state index < -0.39 is 6.10 Å². The summed E-state index contributed by atoms with van der Waals surface area (Å²) >= 11 is 0. The van der Waals surface area contributed by atoms with Crippen LogP contribution in [-0.4, -0.2) is 38.0 Å². The molecular formula is C16H17N5O. The zero-order chi connectivity index (χ0) is 15.2. The Labute approximate surface area is 128 Å². The van der Waals surface area contributed by atoms with Crippen LogP contribution >= 0.6 is 0 Å². The number of anilines is 1. The number of nitrogens with one attached hydrogen (secondary N) is 1. The quantitative estimate of drug-likeness (QED) is 0.723. The molecule has 0 saturated carbocycles. The third-order valence-electron chi connectivity index (χ3n) is 3.28. The van der Waals surface area contributed by atoms with Gasteiger partial charge in [0, 0.05) is 13.0 Å². The topological polar surface area (TPSA) is 75.9 Å². The Bertz CT molecular complexity index is 699. The number of benzene rings is 2. The minimum atomic E-state index is -0.511. The maximum absolute atomic E-state index is 10.1. The van der Waals surface area contributed by atoms with Crippen LogP contribution in [0.4, 0.5) is 5.95 Å². The summed E-state index contributed by atoms with van der Waals surface area (Å²) in [5, 5.41) is 24.8. The number of hydrogen-bond acceptors (Lipinski definition) is 5. The van der Waals surface area contributed by atoms with Crippen molar-refractivity contribution in [1.29, 1.82) is 0 Å². The molecule has 6 nitrogen and oxygen atoms in total. The zero-order valence-electron chi connectivity index (χ0n) is 12.0. The average molecular weight is 295 g/mol. The third-order valence-corrected chi connectivity index (χ3v) is 3.28. The van der Waals surface area contributed by atoms with Crippen LogP contribution in [0.5, 0.6) is 0 Å². The lowest BCUT2D eigenvalue weighted by Crippen LogP contribution is -2.23. The zero-order valence-corrected chi connectivity index (χ0v) is 12.0. The molecule has 1 aromatic heterocycles. The van der Waals surface area contributed by atoms with Crippen LogP contribution in [0.3, 0.4) is 0 Å². The Morgan fingerprint density at radius 1 is 1.00 bits per heavy atom. The standard InChI is InChI=1S/C16H17N5O/c22-15(11-13-7-3-1-4-8-13)12-17-16-18-19-20-21(16)14-9-5-2-6-10-14/h1-10,15,22H,11-12H2,(H,17,18,20). The van der Waals surface area contributed by atoms with Crippen molar-refractivity contribution >= 4 is 5.95 Å². The SMILES string of the molecule is OC(CNc1nnnn1-c1ccccc1)Cc1ccccc1. The predicted octanol–water partition coefficient (Wildman–Crippen LogP) is 1.68. The van der Waals surface area contributed by atoms with Gasteiger partial charge in [-0.2, -0.15) is 4.68 Å². The highest BCUT2D eigenvalue weighted by Gasteiger charge is 2.10. The first-order valence-corrected chi connectivity index (χ1v) is 7.12. The van der Waals surface area contributed by atoms with E-state index in [1.807, 2.05) is 60.7 Å². The Balaban J connectivity index is 1.62. The fraction of sp³-hybridized carbons (Fsp3) is 0.188. The number of aliphatic hydroxyl groups is 1. The molecule has 2 aromatic carbocycles. The summed E-state index contributed by atoms with van der Waals surface area (Å²) < 4.78 is 1.61. The summed E-state index contributed by atoms with van der Waals surface area (Å²) in [6.45, 7) is 0.377. The van der Waals surface area contributed by atoms with Crippen molar-refractivity contribution in [3.8, 4) is 5.69 Å². The van der Waals surface area contributed by atoms with Gasteiger partial charge in [-0.05, 0) is 28.1 Å². The molecule has 3 rings (SSSR count). The van der Waals surface area contributed by atoms with Crippen LogP contribution in [0, 0.1) is 0 Å². The van der Waals surface area contributed by atoms with Crippen LogP contribution in [-0.2, 0) is 6.42 Å². The minimum Gasteiger partial charge on any atom is -0.391 e. The van der Waals surface area contributed by atoms with Crippen LogP contribution < -0.4 is 5.32 Å². The van der Waals surface area contributed by atoms with E-state index in [4.69, 9.17) is 0 Å². The lowest BCUT2D eigenvalue weighted by atomic mass is 10.1. The van der Waals surface area contributed by atoms with Gasteiger partial charge < -0.3 is 10.4 Å². The van der Waals surface area contributed by atoms with E-state index in [2.05, 4.69) is 20.8 Å². The summed E-state index contributed by atoms with van der Waals surface area (Å²) in [5.74, 6) is 0.512. The van der Waals surface area contributed by atoms with Crippen molar-refractivity contribution < 1.29 is 5.11 Å². The molecule has 0 saturated heterocycles. The fourth-order valence-corrected chi connectivity index (χ4v) is 2.21. The smallest absolute Gasteiger partial charge is 0.247 e. The largest absolute Gasteiger partial charge is 0.391 e. The molecule has 0 aliphatic heterocycles. The first kappa shape index (κ1) is 14.2. The van der Waals surface area contributed by atoms with Crippen molar-refractivity contribution in [3.63, 3.8) is 0 Å². The van der Waals surface area contributed by atoms with Gasteiger partial charge in [0.1, 0.15) is 0 Å². The Morgan fingerprint density at radius 3 is 2.41 bits per heavy atom. The van der Waals surface area contributed by atoms with Gasteiger partial charge in [-0.25, -0.2) is 0 Å². The first-order chi connectivity index (χ1) is 10.8. The minimum absolute atomic E-state index is 0.377. The molecule has 0 aliphatic rings. The van der Waals surface area contributed by atoms with Crippen molar-refractivity contribution in [3.05, 3.63) is 66.2 Å². The predicted molar refractivity (Wildman–Crippen MR) is 83.8 cm³/mol. The summed E-state index contributed by atoms with van der Waals surface area (Å²) in [5.41, 5.74) is 1.96. The lowest BCUT2D eigenvalue weighted by Gasteiger charge is -2.12. The molecule has 1 heterocycles. The maximum Gasteiger partial charge on any atom is 0.247 e. The molecule has 1 unspecified atom stereocenters. The number of aromatic nitrogens is 4. The van der Waals surface area contributed by atoms with E-state index in [0.717, 1.165) is 11.3 Å². The third kappa shape index (κ3) is 3.48. The summed E-state index contributed by atoms with van der Waals surface area (Å²) in [6, 6.07) is 19.5. The summed E-state index contributed by atoms with van der Waals surface area (Å²) in [4.78, 5) is 0. The summed E-state index contributed by atoms with van der Waals surface area (Å²) in [7, 11) is 0. The second-order valence-electron chi connectivity index (χ2n) is 4.97. The van der Waals surface area contributed by atoms with Crippen LogP contribution in [0.25, 0.3) is 5.69 Å². The Kier molecular flexibility index (Phi) is 4.41. The van der Waals surface area contributed by atoms with Crippen molar-refractivity contribution in [2.75, 3.05) is 11.9 Å².